The molecule has 0 saturated heterocycles. The number of carbonyl (C=O) groups is 1. The average molecular weight is 329 g/mol. The fourth-order valence-corrected chi connectivity index (χ4v) is 2.31. The Morgan fingerprint density at radius 3 is 2.18 bits per heavy atom. The summed E-state index contributed by atoms with van der Waals surface area (Å²) in [5.74, 6) is -4.11. The number of halogens is 3. The molecule has 0 spiro atoms. The first kappa shape index (κ1) is 16.0. The zero-order valence-electron chi connectivity index (χ0n) is 11.2. The lowest BCUT2D eigenvalue weighted by molar-refractivity contribution is 0.102. The normalized spacial score (nSPS) is 11.3. The monoisotopic (exact) mass is 329 g/mol. The molecule has 2 rings (SSSR count). The lowest BCUT2D eigenvalue weighted by Crippen LogP contribution is -2.14. The van der Waals surface area contributed by atoms with Crippen LogP contribution in [0, 0.1) is 17.5 Å². The van der Waals surface area contributed by atoms with Crippen LogP contribution in [0.3, 0.4) is 0 Å². The molecule has 116 valence electrons. The van der Waals surface area contributed by atoms with Crippen molar-refractivity contribution in [2.75, 3.05) is 11.6 Å². The molecule has 2 aromatic rings. The third kappa shape index (κ3) is 3.45. The second kappa shape index (κ2) is 5.80. The number of benzene rings is 2. The van der Waals surface area contributed by atoms with Gasteiger partial charge in [-0.05, 0) is 36.4 Å². The van der Waals surface area contributed by atoms with Gasteiger partial charge in [-0.15, -0.1) is 0 Å². The summed E-state index contributed by atoms with van der Waals surface area (Å²) in [5, 5.41) is 2.12. The van der Waals surface area contributed by atoms with Crippen LogP contribution in [0.1, 0.15) is 10.4 Å². The fraction of sp³-hybridized carbons (Fsp3) is 0.0714. The molecule has 0 aliphatic carbocycles. The number of nitrogens with one attached hydrogen (secondary N) is 1. The van der Waals surface area contributed by atoms with E-state index >= 15 is 0 Å². The standard InChI is InChI=1S/C14H10F3NO3S/c1-22(20,21)9-3-5-11(16)13(7-9)18-14(19)8-2-4-10(15)12(17)6-8/h2-7H,1H3,(H,18,19). The molecule has 0 bridgehead atoms. The van der Waals surface area contributed by atoms with Crippen LogP contribution in [0.2, 0.25) is 0 Å². The van der Waals surface area contributed by atoms with Crippen molar-refractivity contribution in [1.29, 1.82) is 0 Å². The fourth-order valence-electron chi connectivity index (χ4n) is 1.66. The largest absolute Gasteiger partial charge is 0.319 e. The summed E-state index contributed by atoms with van der Waals surface area (Å²) in [4.78, 5) is 11.7. The minimum atomic E-state index is -3.58. The van der Waals surface area contributed by atoms with Gasteiger partial charge in [0.05, 0.1) is 10.6 Å². The van der Waals surface area contributed by atoms with Gasteiger partial charge in [-0.3, -0.25) is 4.79 Å². The summed E-state index contributed by atoms with van der Waals surface area (Å²) >= 11 is 0. The molecular weight excluding hydrogens is 319 g/mol. The third-order valence-corrected chi connectivity index (χ3v) is 3.91. The van der Waals surface area contributed by atoms with Crippen LogP contribution in [-0.4, -0.2) is 20.6 Å². The summed E-state index contributed by atoms with van der Waals surface area (Å²) in [6.07, 6.45) is 0.932. The molecule has 0 radical (unpaired) electrons. The van der Waals surface area contributed by atoms with Crippen molar-refractivity contribution in [3.05, 3.63) is 59.4 Å². The Labute approximate surface area is 124 Å². The minimum absolute atomic E-state index is 0.186. The molecule has 0 aliphatic rings. The van der Waals surface area contributed by atoms with E-state index in [9.17, 15) is 26.4 Å². The molecule has 4 nitrogen and oxygen atoms in total. The Hall–Kier alpha value is -2.35. The van der Waals surface area contributed by atoms with Gasteiger partial charge in [0.15, 0.2) is 21.5 Å². The topological polar surface area (TPSA) is 63.2 Å². The van der Waals surface area contributed by atoms with E-state index in [1.54, 1.807) is 0 Å². The van der Waals surface area contributed by atoms with Gasteiger partial charge in [-0.2, -0.15) is 0 Å². The van der Waals surface area contributed by atoms with E-state index in [4.69, 9.17) is 0 Å². The van der Waals surface area contributed by atoms with Crippen LogP contribution in [-0.2, 0) is 9.84 Å². The molecule has 2 aromatic carbocycles. The Bertz CT molecular complexity index is 850. The van der Waals surface area contributed by atoms with Crippen molar-refractivity contribution in [3.63, 3.8) is 0 Å². The van der Waals surface area contributed by atoms with Crippen LogP contribution in [0.5, 0.6) is 0 Å². The molecule has 8 heteroatoms. The zero-order valence-corrected chi connectivity index (χ0v) is 12.0. The van der Waals surface area contributed by atoms with E-state index in [0.29, 0.717) is 6.07 Å². The molecular formula is C14H10F3NO3S. The van der Waals surface area contributed by atoms with Crippen LogP contribution < -0.4 is 5.32 Å². The number of carbonyl (C=O) groups excluding carboxylic acids is 1. The maximum Gasteiger partial charge on any atom is 0.255 e. The molecule has 0 heterocycles. The summed E-state index contributed by atoms with van der Waals surface area (Å²) in [5.41, 5.74) is -0.610. The van der Waals surface area contributed by atoms with Gasteiger partial charge in [0.2, 0.25) is 0 Å². The molecule has 22 heavy (non-hydrogen) atoms. The van der Waals surface area contributed by atoms with Crippen molar-refractivity contribution >= 4 is 21.4 Å². The molecule has 0 unspecified atom stereocenters. The van der Waals surface area contributed by atoms with Crippen LogP contribution in [0.15, 0.2) is 41.3 Å². The van der Waals surface area contributed by atoms with Crippen molar-refractivity contribution < 1.29 is 26.4 Å². The summed E-state index contributed by atoms with van der Waals surface area (Å²) in [6, 6.07) is 5.32. The lowest BCUT2D eigenvalue weighted by atomic mass is 10.2. The maximum absolute atomic E-state index is 13.6. The van der Waals surface area contributed by atoms with Gasteiger partial charge >= 0.3 is 0 Å². The maximum atomic E-state index is 13.6. The van der Waals surface area contributed by atoms with Crippen molar-refractivity contribution in [2.45, 2.75) is 4.90 Å². The quantitative estimate of drug-likeness (QED) is 0.881. The number of anilines is 1. The van der Waals surface area contributed by atoms with Crippen molar-refractivity contribution in [2.24, 2.45) is 0 Å². The Morgan fingerprint density at radius 1 is 0.955 bits per heavy atom. The summed E-state index contributed by atoms with van der Waals surface area (Å²) in [6.45, 7) is 0. The van der Waals surface area contributed by atoms with Gasteiger partial charge in [0.25, 0.3) is 5.91 Å². The van der Waals surface area contributed by atoms with E-state index in [1.165, 1.54) is 0 Å². The number of amides is 1. The lowest BCUT2D eigenvalue weighted by Gasteiger charge is -2.08. The van der Waals surface area contributed by atoms with Gasteiger partial charge in [0, 0.05) is 11.8 Å². The SMILES string of the molecule is CS(=O)(=O)c1ccc(F)c(NC(=O)c2ccc(F)c(F)c2)c1. The van der Waals surface area contributed by atoms with Gasteiger partial charge < -0.3 is 5.32 Å². The first-order chi connectivity index (χ1) is 10.2. The molecule has 0 aromatic heterocycles. The van der Waals surface area contributed by atoms with Crippen molar-refractivity contribution in [3.8, 4) is 0 Å². The van der Waals surface area contributed by atoms with E-state index < -0.39 is 33.2 Å². The van der Waals surface area contributed by atoms with Crippen LogP contribution in [0.4, 0.5) is 18.9 Å². The Morgan fingerprint density at radius 2 is 1.59 bits per heavy atom. The highest BCUT2D eigenvalue weighted by Gasteiger charge is 2.15. The highest BCUT2D eigenvalue weighted by atomic mass is 32.2. The molecule has 0 saturated carbocycles. The van der Waals surface area contributed by atoms with E-state index in [1.807, 2.05) is 0 Å². The third-order valence-electron chi connectivity index (χ3n) is 2.80. The number of hydrogen-bond donors (Lipinski definition) is 1. The Kier molecular flexibility index (Phi) is 4.23. The summed E-state index contributed by atoms with van der Waals surface area (Å²) < 4.78 is 62.3. The molecule has 0 aliphatic heterocycles. The van der Waals surface area contributed by atoms with Crippen LogP contribution in [0.25, 0.3) is 0 Å². The first-order valence-electron chi connectivity index (χ1n) is 5.94. The number of hydrogen-bond acceptors (Lipinski definition) is 3. The van der Waals surface area contributed by atoms with E-state index in [-0.39, 0.29) is 16.1 Å². The molecule has 1 amide bonds. The smallest absolute Gasteiger partial charge is 0.255 e. The number of sulfone groups is 1. The highest BCUT2D eigenvalue weighted by Crippen LogP contribution is 2.20. The van der Waals surface area contributed by atoms with Gasteiger partial charge in [0.1, 0.15) is 5.82 Å². The van der Waals surface area contributed by atoms with E-state index in [0.717, 1.165) is 36.6 Å². The van der Waals surface area contributed by atoms with Gasteiger partial charge in [-0.25, -0.2) is 21.6 Å². The second-order valence-electron chi connectivity index (χ2n) is 4.50. The predicted octanol–water partition coefficient (Wildman–Crippen LogP) is 2.76. The average Bonchev–Trinajstić information content (AvgIpc) is 2.43. The number of rotatable bonds is 3. The first-order valence-corrected chi connectivity index (χ1v) is 7.83. The Balaban J connectivity index is 2.33. The minimum Gasteiger partial charge on any atom is -0.319 e. The molecule has 0 atom stereocenters. The molecule has 1 N–H and O–H groups in total. The molecule has 0 fully saturated rings. The zero-order chi connectivity index (χ0) is 16.5. The second-order valence-corrected chi connectivity index (χ2v) is 6.51. The van der Waals surface area contributed by atoms with Crippen molar-refractivity contribution in [1.82, 2.24) is 0 Å². The summed E-state index contributed by atoms with van der Waals surface area (Å²) in [7, 11) is -3.58. The predicted molar refractivity (Wildman–Crippen MR) is 73.8 cm³/mol. The highest BCUT2D eigenvalue weighted by molar-refractivity contribution is 7.90. The van der Waals surface area contributed by atoms with E-state index in [2.05, 4.69) is 5.32 Å². The van der Waals surface area contributed by atoms with Crippen LogP contribution >= 0.6 is 0 Å². The van der Waals surface area contributed by atoms with Gasteiger partial charge in [-0.1, -0.05) is 0 Å².